The number of aliphatic hydroxyl groups is 3. The first-order valence-corrected chi connectivity index (χ1v) is 14.7. The fourth-order valence-electron chi connectivity index (χ4n) is 10.8. The number of carbonyl (C=O) groups is 4. The molecule has 6 saturated heterocycles. The SMILES string of the molecule is C[C@H]1C(=O)O[C@H]2[C@@H]1O[C@]13O[C@@]4(CC(=O)[C@]5(C)C(=O)[C@](C)(O)[C@H]2[C@@H]51)C[C@]12OC(=O)C[C@H]1O[C@@](C)(CO)[C@@H]2CC[C@@H]4[C@H]3O. The van der Waals surface area contributed by atoms with E-state index in [4.69, 9.17) is 23.7 Å². The lowest BCUT2D eigenvalue weighted by atomic mass is 9.60. The minimum atomic E-state index is -2.05. The highest BCUT2D eigenvalue weighted by Gasteiger charge is 2.86. The van der Waals surface area contributed by atoms with Crippen molar-refractivity contribution in [2.24, 2.45) is 35.0 Å². The van der Waals surface area contributed by atoms with E-state index >= 15 is 0 Å². The van der Waals surface area contributed by atoms with Crippen LogP contribution in [0.1, 0.15) is 59.8 Å². The van der Waals surface area contributed by atoms with E-state index in [1.54, 1.807) is 13.8 Å². The highest BCUT2D eigenvalue weighted by Crippen LogP contribution is 2.72. The monoisotopic (exact) mass is 576 g/mol. The summed E-state index contributed by atoms with van der Waals surface area (Å²) in [5.41, 5.74) is -7.47. The van der Waals surface area contributed by atoms with Gasteiger partial charge in [0, 0.05) is 36.5 Å². The number of ketones is 2. The molecule has 2 saturated carbocycles. The molecule has 3 N–H and O–H groups in total. The fraction of sp³-hybridized carbons (Fsp3) is 0.862. The molecule has 0 radical (unpaired) electrons. The van der Waals surface area contributed by atoms with Gasteiger partial charge in [0.05, 0.1) is 35.6 Å². The molecule has 2 aliphatic carbocycles. The van der Waals surface area contributed by atoms with Gasteiger partial charge in [-0.3, -0.25) is 19.2 Å². The van der Waals surface area contributed by atoms with Crippen LogP contribution in [0.5, 0.6) is 0 Å². The molecule has 224 valence electrons. The van der Waals surface area contributed by atoms with Crippen molar-refractivity contribution in [3.05, 3.63) is 0 Å². The molecule has 8 rings (SSSR count). The fourth-order valence-corrected chi connectivity index (χ4v) is 10.8. The zero-order valence-corrected chi connectivity index (χ0v) is 23.5. The molecule has 0 aromatic carbocycles. The number of Topliss-reactive ketones (excluding diaryl/α,β-unsaturated/α-hetero) is 2. The predicted molar refractivity (Wildman–Crippen MR) is 131 cm³/mol. The first-order valence-electron chi connectivity index (χ1n) is 14.7. The van der Waals surface area contributed by atoms with E-state index in [0.29, 0.717) is 12.8 Å². The number of hydrogen-bond acceptors (Lipinski definition) is 12. The number of ether oxygens (including phenoxy) is 5. The van der Waals surface area contributed by atoms with Crippen LogP contribution in [0.25, 0.3) is 0 Å². The molecule has 8 fully saturated rings. The third-order valence-electron chi connectivity index (χ3n) is 12.6. The Morgan fingerprint density at radius 3 is 2.46 bits per heavy atom. The number of carbonyl (C=O) groups excluding carboxylic acids is 4. The van der Waals surface area contributed by atoms with Crippen molar-refractivity contribution in [3.8, 4) is 0 Å². The second kappa shape index (κ2) is 7.39. The van der Waals surface area contributed by atoms with Crippen molar-refractivity contribution in [1.29, 1.82) is 0 Å². The van der Waals surface area contributed by atoms with E-state index in [0.717, 1.165) is 0 Å². The third-order valence-corrected chi connectivity index (χ3v) is 12.6. The van der Waals surface area contributed by atoms with Crippen molar-refractivity contribution in [1.82, 2.24) is 0 Å². The smallest absolute Gasteiger partial charge is 0.311 e. The van der Waals surface area contributed by atoms with Crippen LogP contribution in [0.2, 0.25) is 0 Å². The van der Waals surface area contributed by atoms with Gasteiger partial charge in [-0.05, 0) is 40.5 Å². The van der Waals surface area contributed by atoms with E-state index in [1.165, 1.54) is 13.8 Å². The topological polar surface area (TPSA) is 175 Å². The Bertz CT molecular complexity index is 1310. The molecule has 0 amide bonds. The Balaban J connectivity index is 1.33. The lowest BCUT2D eigenvalue weighted by molar-refractivity contribution is -0.368. The van der Waals surface area contributed by atoms with Gasteiger partial charge in [-0.15, -0.1) is 0 Å². The Hall–Kier alpha value is -1.96. The summed E-state index contributed by atoms with van der Waals surface area (Å²) < 4.78 is 31.6. The van der Waals surface area contributed by atoms with Crippen molar-refractivity contribution in [2.75, 3.05) is 6.61 Å². The summed E-state index contributed by atoms with van der Waals surface area (Å²) in [5.74, 6) is -8.14. The van der Waals surface area contributed by atoms with Crippen LogP contribution in [-0.2, 0) is 42.9 Å². The van der Waals surface area contributed by atoms with E-state index in [1.807, 2.05) is 0 Å². The van der Waals surface area contributed by atoms with Crippen molar-refractivity contribution >= 4 is 23.5 Å². The number of hydrogen-bond donors (Lipinski definition) is 3. The minimum Gasteiger partial charge on any atom is -0.459 e. The molecule has 6 heterocycles. The average molecular weight is 577 g/mol. The van der Waals surface area contributed by atoms with Gasteiger partial charge in [0.2, 0.25) is 5.79 Å². The van der Waals surface area contributed by atoms with E-state index in [-0.39, 0.29) is 25.9 Å². The highest BCUT2D eigenvalue weighted by atomic mass is 16.7. The standard InChI is InChI=1S/C29H36O12/c1-11-18-19(37-22(11)34)17-20-25(3,23(35)26(17,4)36)14(31)8-27-9-28-13(6-5-12(27)21(33)29(20,40-18)41-27)24(2,10-30)38-15(28)7-16(32)39-28/h11-13,15,17-21,30,33,36H,5-10H2,1-4H3/t11-,12-,13+,15-,17-,18-,19-,20+,21-,24+,25+,26-,27+,28-,29+/m1/s1. The second-order valence-corrected chi connectivity index (χ2v) is 14.5. The minimum absolute atomic E-state index is 0.00632. The summed E-state index contributed by atoms with van der Waals surface area (Å²) in [6.07, 6.45) is -3.50. The molecule has 0 aromatic rings. The lowest BCUT2D eigenvalue weighted by Gasteiger charge is -2.52. The summed E-state index contributed by atoms with van der Waals surface area (Å²) in [7, 11) is 0. The van der Waals surface area contributed by atoms with Gasteiger partial charge in [0.1, 0.15) is 41.4 Å². The first kappa shape index (κ1) is 26.7. The van der Waals surface area contributed by atoms with Crippen molar-refractivity contribution in [2.45, 2.75) is 112 Å². The number of fused-ring (bicyclic) bond motifs is 2. The maximum Gasteiger partial charge on any atom is 0.311 e. The normalized spacial score (nSPS) is 61.8. The summed E-state index contributed by atoms with van der Waals surface area (Å²) in [4.78, 5) is 53.9. The van der Waals surface area contributed by atoms with Crippen LogP contribution in [0, 0.1) is 35.0 Å². The van der Waals surface area contributed by atoms with Gasteiger partial charge >= 0.3 is 11.9 Å². The zero-order chi connectivity index (χ0) is 29.3. The average Bonchev–Trinajstić information content (AvgIpc) is 3.49. The number of aliphatic hydroxyl groups excluding tert-OH is 2. The number of esters is 2. The van der Waals surface area contributed by atoms with Gasteiger partial charge in [-0.25, -0.2) is 0 Å². The maximum atomic E-state index is 14.4. The molecule has 41 heavy (non-hydrogen) atoms. The van der Waals surface area contributed by atoms with E-state index < -0.39 is 111 Å². The summed E-state index contributed by atoms with van der Waals surface area (Å²) in [6, 6.07) is 0. The quantitative estimate of drug-likeness (QED) is 0.272. The van der Waals surface area contributed by atoms with Gasteiger partial charge in [-0.2, -0.15) is 0 Å². The highest BCUT2D eigenvalue weighted by molar-refractivity contribution is 6.13. The van der Waals surface area contributed by atoms with Crippen LogP contribution in [0.15, 0.2) is 0 Å². The largest absolute Gasteiger partial charge is 0.459 e. The Kier molecular flexibility index (Phi) is 4.80. The molecule has 0 aromatic heterocycles. The molecule has 12 nitrogen and oxygen atoms in total. The van der Waals surface area contributed by atoms with Gasteiger partial charge in [0.15, 0.2) is 5.78 Å². The van der Waals surface area contributed by atoms with E-state index in [9.17, 15) is 34.5 Å². The van der Waals surface area contributed by atoms with Crippen molar-refractivity contribution < 1.29 is 58.2 Å². The molecule has 0 unspecified atom stereocenters. The molecular formula is C29H36O12. The summed E-state index contributed by atoms with van der Waals surface area (Å²) >= 11 is 0. The van der Waals surface area contributed by atoms with Gasteiger partial charge in [-0.1, -0.05) is 0 Å². The van der Waals surface area contributed by atoms with Crippen LogP contribution >= 0.6 is 0 Å². The van der Waals surface area contributed by atoms with Crippen molar-refractivity contribution in [3.63, 3.8) is 0 Å². The zero-order valence-electron chi connectivity index (χ0n) is 23.5. The second-order valence-electron chi connectivity index (χ2n) is 14.5. The first-order chi connectivity index (χ1) is 19.1. The van der Waals surface area contributed by atoms with Gasteiger partial charge < -0.3 is 39.0 Å². The third kappa shape index (κ3) is 2.67. The van der Waals surface area contributed by atoms with Crippen LogP contribution in [0.4, 0.5) is 0 Å². The molecular weight excluding hydrogens is 540 g/mol. The van der Waals surface area contributed by atoms with Crippen LogP contribution in [0.3, 0.4) is 0 Å². The Labute approximate surface area is 236 Å². The summed E-state index contributed by atoms with van der Waals surface area (Å²) in [6.45, 7) is 5.92. The maximum absolute atomic E-state index is 14.4. The molecule has 12 heteroatoms. The Morgan fingerprint density at radius 2 is 1.76 bits per heavy atom. The summed E-state index contributed by atoms with van der Waals surface area (Å²) in [5, 5.41) is 34.3. The number of rotatable bonds is 1. The molecule has 15 atom stereocenters. The molecule has 6 aliphatic heterocycles. The lowest BCUT2D eigenvalue weighted by Crippen LogP contribution is -2.66. The predicted octanol–water partition coefficient (Wildman–Crippen LogP) is -0.430. The molecule has 2 bridgehead atoms. The van der Waals surface area contributed by atoms with Gasteiger partial charge in [0.25, 0.3) is 0 Å². The van der Waals surface area contributed by atoms with E-state index in [2.05, 4.69) is 0 Å². The van der Waals surface area contributed by atoms with Crippen LogP contribution < -0.4 is 0 Å². The van der Waals surface area contributed by atoms with Crippen LogP contribution in [-0.4, -0.2) is 98.0 Å². The Morgan fingerprint density at radius 1 is 1.02 bits per heavy atom. The molecule has 8 aliphatic rings. The molecule has 3 spiro atoms.